The molecule has 2 fully saturated rings. The second-order valence-electron chi connectivity index (χ2n) is 9.22. The van der Waals surface area contributed by atoms with Crippen LogP contribution in [0.5, 0.6) is 0 Å². The SMILES string of the molecule is O=C(NCCN1CCCC1)[C@H]1[C@H](CO)[C@H]2Cn3c(cccc3=O)[C@H]2N1C(=O)c1ccccc1. The number of hydrogen-bond donors (Lipinski definition) is 2. The molecule has 0 aliphatic carbocycles. The van der Waals surface area contributed by atoms with Crippen molar-refractivity contribution < 1.29 is 14.7 Å². The number of amides is 2. The molecule has 3 aliphatic heterocycles. The van der Waals surface area contributed by atoms with E-state index in [1.165, 1.54) is 18.9 Å². The molecule has 1 aromatic heterocycles. The maximum atomic E-state index is 13.7. The van der Waals surface area contributed by atoms with Crippen molar-refractivity contribution in [2.24, 2.45) is 11.8 Å². The van der Waals surface area contributed by atoms with Gasteiger partial charge in [-0.25, -0.2) is 0 Å². The first kappa shape index (κ1) is 21.9. The number of carbonyl (C=O) groups is 2. The lowest BCUT2D eigenvalue weighted by molar-refractivity contribution is -0.126. The van der Waals surface area contributed by atoms with E-state index in [9.17, 15) is 19.5 Å². The summed E-state index contributed by atoms with van der Waals surface area (Å²) >= 11 is 0. The number of aromatic nitrogens is 1. The van der Waals surface area contributed by atoms with E-state index in [4.69, 9.17) is 0 Å². The molecular formula is C25H30N4O4. The monoisotopic (exact) mass is 450 g/mol. The van der Waals surface area contributed by atoms with E-state index in [0.717, 1.165) is 25.3 Å². The van der Waals surface area contributed by atoms with E-state index < -0.39 is 18.0 Å². The zero-order valence-electron chi connectivity index (χ0n) is 18.6. The number of likely N-dealkylation sites (tertiary alicyclic amines) is 2. The van der Waals surface area contributed by atoms with Crippen molar-refractivity contribution in [2.75, 3.05) is 32.8 Å². The summed E-state index contributed by atoms with van der Waals surface area (Å²) in [4.78, 5) is 43.6. The molecular weight excluding hydrogens is 420 g/mol. The molecule has 8 heteroatoms. The van der Waals surface area contributed by atoms with Crippen molar-refractivity contribution in [2.45, 2.75) is 31.5 Å². The van der Waals surface area contributed by atoms with Gasteiger partial charge in [-0.3, -0.25) is 14.4 Å². The normalized spacial score (nSPS) is 26.3. The average molecular weight is 451 g/mol. The number of aliphatic hydroxyl groups is 1. The molecule has 174 valence electrons. The van der Waals surface area contributed by atoms with Gasteiger partial charge in [-0.15, -0.1) is 0 Å². The Labute approximate surface area is 192 Å². The van der Waals surface area contributed by atoms with Crippen molar-refractivity contribution in [1.29, 1.82) is 0 Å². The Morgan fingerprint density at radius 1 is 1.03 bits per heavy atom. The molecule has 0 unspecified atom stereocenters. The zero-order chi connectivity index (χ0) is 22.9. The summed E-state index contributed by atoms with van der Waals surface area (Å²) in [6.07, 6.45) is 2.37. The topological polar surface area (TPSA) is 94.9 Å². The fourth-order valence-corrected chi connectivity index (χ4v) is 5.84. The van der Waals surface area contributed by atoms with Crippen LogP contribution in [-0.4, -0.2) is 70.1 Å². The van der Waals surface area contributed by atoms with Crippen LogP contribution in [0.15, 0.2) is 53.3 Å². The van der Waals surface area contributed by atoms with Crippen LogP contribution in [0.3, 0.4) is 0 Å². The molecule has 0 spiro atoms. The van der Waals surface area contributed by atoms with Gasteiger partial charge in [0.15, 0.2) is 0 Å². The maximum absolute atomic E-state index is 13.7. The Balaban J connectivity index is 1.47. The van der Waals surface area contributed by atoms with Gasteiger partial charge < -0.3 is 24.8 Å². The minimum absolute atomic E-state index is 0.127. The first-order valence-corrected chi connectivity index (χ1v) is 11.8. The number of pyridine rings is 1. The third-order valence-electron chi connectivity index (χ3n) is 7.40. The summed E-state index contributed by atoms with van der Waals surface area (Å²) in [5, 5.41) is 13.4. The fraction of sp³-hybridized carbons (Fsp3) is 0.480. The van der Waals surface area contributed by atoms with Gasteiger partial charge in [0, 0.05) is 55.4 Å². The van der Waals surface area contributed by atoms with Crippen LogP contribution in [0.4, 0.5) is 0 Å². The maximum Gasteiger partial charge on any atom is 0.255 e. The molecule has 0 bridgehead atoms. The Kier molecular flexibility index (Phi) is 6.03. The van der Waals surface area contributed by atoms with Gasteiger partial charge in [-0.2, -0.15) is 0 Å². The number of nitrogens with one attached hydrogen (secondary N) is 1. The van der Waals surface area contributed by atoms with E-state index in [1.807, 2.05) is 12.1 Å². The molecule has 2 amide bonds. The number of aliphatic hydroxyl groups excluding tert-OH is 1. The summed E-state index contributed by atoms with van der Waals surface area (Å²) in [5.74, 6) is -1.15. The Bertz CT molecular complexity index is 1080. The minimum atomic E-state index is -0.791. The second kappa shape index (κ2) is 9.11. The summed E-state index contributed by atoms with van der Waals surface area (Å²) < 4.78 is 1.67. The van der Waals surface area contributed by atoms with E-state index in [-0.39, 0.29) is 29.9 Å². The van der Waals surface area contributed by atoms with Crippen molar-refractivity contribution >= 4 is 11.8 Å². The molecule has 0 saturated carbocycles. The highest BCUT2D eigenvalue weighted by Gasteiger charge is 2.57. The zero-order valence-corrected chi connectivity index (χ0v) is 18.6. The Hall–Kier alpha value is -2.97. The van der Waals surface area contributed by atoms with Gasteiger partial charge in [0.1, 0.15) is 6.04 Å². The highest BCUT2D eigenvalue weighted by Crippen LogP contribution is 2.49. The average Bonchev–Trinajstić information content (AvgIpc) is 3.55. The van der Waals surface area contributed by atoms with Crippen LogP contribution in [0, 0.1) is 11.8 Å². The van der Waals surface area contributed by atoms with E-state index in [1.54, 1.807) is 39.8 Å². The lowest BCUT2D eigenvalue weighted by Crippen LogP contribution is -2.51. The summed E-state index contributed by atoms with van der Waals surface area (Å²) in [6, 6.07) is 12.7. The van der Waals surface area contributed by atoms with Crippen LogP contribution in [0.1, 0.15) is 34.9 Å². The lowest BCUT2D eigenvalue weighted by Gasteiger charge is -2.31. The largest absolute Gasteiger partial charge is 0.396 e. The Morgan fingerprint density at radius 2 is 1.79 bits per heavy atom. The number of hydrogen-bond acceptors (Lipinski definition) is 5. The smallest absolute Gasteiger partial charge is 0.255 e. The molecule has 8 nitrogen and oxygen atoms in total. The lowest BCUT2D eigenvalue weighted by atomic mass is 9.88. The third-order valence-corrected chi connectivity index (χ3v) is 7.40. The third kappa shape index (κ3) is 3.87. The predicted octanol–water partition coefficient (Wildman–Crippen LogP) is 0.864. The quantitative estimate of drug-likeness (QED) is 0.681. The van der Waals surface area contributed by atoms with E-state index >= 15 is 0 Å². The summed E-state index contributed by atoms with van der Waals surface area (Å²) in [6.45, 7) is 3.54. The molecule has 4 atom stereocenters. The van der Waals surface area contributed by atoms with E-state index in [2.05, 4.69) is 10.2 Å². The molecule has 0 radical (unpaired) electrons. The number of fused-ring (bicyclic) bond motifs is 3. The molecule has 2 N–H and O–H groups in total. The standard InChI is InChI=1S/C25H30N4O4/c30-16-19-18-15-28-20(9-6-10-21(28)31)22(18)29(25(33)17-7-2-1-3-8-17)23(19)24(32)26-11-14-27-12-4-5-13-27/h1-3,6-10,18-19,22-23,30H,4-5,11-16H2,(H,26,32)/t18-,19-,22+,23-/m1/s1. The Morgan fingerprint density at radius 3 is 2.52 bits per heavy atom. The van der Waals surface area contributed by atoms with Crippen molar-refractivity contribution in [3.8, 4) is 0 Å². The number of nitrogens with zero attached hydrogens (tertiary/aromatic N) is 3. The van der Waals surface area contributed by atoms with Gasteiger partial charge in [-0.1, -0.05) is 24.3 Å². The number of carbonyl (C=O) groups excluding carboxylic acids is 2. The van der Waals surface area contributed by atoms with Crippen LogP contribution < -0.4 is 10.9 Å². The number of rotatable bonds is 6. The molecule has 4 heterocycles. The molecule has 5 rings (SSSR count). The fourth-order valence-electron chi connectivity index (χ4n) is 5.84. The first-order valence-electron chi connectivity index (χ1n) is 11.8. The predicted molar refractivity (Wildman–Crippen MR) is 123 cm³/mol. The van der Waals surface area contributed by atoms with Crippen LogP contribution in [0.25, 0.3) is 0 Å². The van der Waals surface area contributed by atoms with Crippen LogP contribution in [0.2, 0.25) is 0 Å². The van der Waals surface area contributed by atoms with Crippen LogP contribution >= 0.6 is 0 Å². The molecule has 33 heavy (non-hydrogen) atoms. The highest BCUT2D eigenvalue weighted by atomic mass is 16.3. The number of benzene rings is 1. The summed E-state index contributed by atoms with van der Waals surface area (Å²) in [5.41, 5.74) is 1.08. The van der Waals surface area contributed by atoms with Crippen LogP contribution in [-0.2, 0) is 11.3 Å². The van der Waals surface area contributed by atoms with E-state index in [0.29, 0.717) is 18.7 Å². The molecule has 3 aliphatic rings. The molecule has 2 aromatic rings. The van der Waals surface area contributed by atoms with Crippen molar-refractivity contribution in [1.82, 2.24) is 19.7 Å². The van der Waals surface area contributed by atoms with Crippen molar-refractivity contribution in [3.05, 3.63) is 70.1 Å². The molecule has 1 aromatic carbocycles. The minimum Gasteiger partial charge on any atom is -0.396 e. The summed E-state index contributed by atoms with van der Waals surface area (Å²) in [7, 11) is 0. The van der Waals surface area contributed by atoms with Crippen molar-refractivity contribution in [3.63, 3.8) is 0 Å². The van der Waals surface area contributed by atoms with Gasteiger partial charge in [0.2, 0.25) is 5.91 Å². The molecule has 2 saturated heterocycles. The van der Waals surface area contributed by atoms with Gasteiger partial charge in [-0.05, 0) is 44.1 Å². The van der Waals surface area contributed by atoms with Gasteiger partial charge in [0.05, 0.1) is 6.04 Å². The van der Waals surface area contributed by atoms with Gasteiger partial charge in [0.25, 0.3) is 11.5 Å². The van der Waals surface area contributed by atoms with Gasteiger partial charge >= 0.3 is 0 Å². The highest BCUT2D eigenvalue weighted by molar-refractivity contribution is 5.98. The second-order valence-corrected chi connectivity index (χ2v) is 9.22. The first-order chi connectivity index (χ1) is 16.1.